The van der Waals surface area contributed by atoms with Crippen molar-refractivity contribution in [2.75, 3.05) is 6.54 Å². The van der Waals surface area contributed by atoms with E-state index in [1.165, 1.54) is 22.9 Å². The summed E-state index contributed by atoms with van der Waals surface area (Å²) in [6, 6.07) is 30.2. The summed E-state index contributed by atoms with van der Waals surface area (Å²) in [6.07, 6.45) is 1.69. The van der Waals surface area contributed by atoms with Gasteiger partial charge >= 0.3 is 5.97 Å². The van der Waals surface area contributed by atoms with E-state index in [4.69, 9.17) is 26.2 Å². The van der Waals surface area contributed by atoms with Crippen molar-refractivity contribution in [3.63, 3.8) is 0 Å². The van der Waals surface area contributed by atoms with E-state index in [2.05, 4.69) is 66.6 Å². The number of nitriles is 1. The number of hydrogen-bond donors (Lipinski definition) is 3. The summed E-state index contributed by atoms with van der Waals surface area (Å²) >= 11 is 6.72. The van der Waals surface area contributed by atoms with Crippen LogP contribution in [0.25, 0.3) is 22.3 Å². The van der Waals surface area contributed by atoms with Gasteiger partial charge in [0.25, 0.3) is 0 Å². The Morgan fingerprint density at radius 3 is 2.33 bits per heavy atom. The van der Waals surface area contributed by atoms with Gasteiger partial charge in [0.2, 0.25) is 0 Å². The van der Waals surface area contributed by atoms with Crippen LogP contribution in [0.3, 0.4) is 0 Å². The van der Waals surface area contributed by atoms with Gasteiger partial charge in [0.1, 0.15) is 30.8 Å². The number of carbonyl (C=O) groups is 1. The Bertz CT molecular complexity index is 1940. The number of hydrogen-bond acceptors (Lipinski definition) is 7. The molecule has 244 valence electrons. The molecule has 3 N–H and O–H groups in total. The summed E-state index contributed by atoms with van der Waals surface area (Å²) < 4.78 is 12.5. The average Bonchev–Trinajstić information content (AvgIpc) is 3.08. The standard InChI is InChI=1S/C39H36ClN3O5/c1-25-30(10-6-12-34(25)35-13-7-11-33(26(35)2)29-8-4-3-5-9-29)24-48-38-17-37(47-23-28-14-27(18-41)19-42-20-28)31(15-36(38)40)21-43-22-32(44)16-39(45)46/h3-15,17,19-20,32,43-44H,16,21-24H2,1-2H3,(H,45,46)/t32-/m0/s1. The molecule has 0 saturated heterocycles. The Balaban J connectivity index is 1.37. The lowest BCUT2D eigenvalue weighted by Gasteiger charge is -2.18. The summed E-state index contributed by atoms with van der Waals surface area (Å²) in [7, 11) is 0. The molecule has 48 heavy (non-hydrogen) atoms. The third-order valence-corrected chi connectivity index (χ3v) is 8.37. The summed E-state index contributed by atoms with van der Waals surface area (Å²) in [6.45, 7) is 4.97. The largest absolute Gasteiger partial charge is 0.488 e. The number of carboxylic acids is 1. The van der Waals surface area contributed by atoms with Crippen LogP contribution < -0.4 is 14.8 Å². The van der Waals surface area contributed by atoms with Gasteiger partial charge < -0.3 is 25.0 Å². The Labute approximate surface area is 285 Å². The van der Waals surface area contributed by atoms with Crippen LogP contribution in [-0.2, 0) is 24.6 Å². The molecule has 0 aliphatic carbocycles. The number of aliphatic carboxylic acids is 1. The maximum absolute atomic E-state index is 10.9. The van der Waals surface area contributed by atoms with Gasteiger partial charge in [-0.05, 0) is 64.9 Å². The quantitative estimate of drug-likeness (QED) is 0.111. The third kappa shape index (κ3) is 8.58. The van der Waals surface area contributed by atoms with Crippen LogP contribution in [-0.4, -0.2) is 33.8 Å². The Morgan fingerprint density at radius 1 is 0.875 bits per heavy atom. The minimum absolute atomic E-state index is 0.0685. The van der Waals surface area contributed by atoms with Gasteiger partial charge in [-0.2, -0.15) is 5.26 Å². The molecule has 0 aliphatic heterocycles. The highest BCUT2D eigenvalue weighted by molar-refractivity contribution is 6.32. The van der Waals surface area contributed by atoms with Crippen LogP contribution >= 0.6 is 11.6 Å². The number of carboxylic acid groups (broad SMARTS) is 1. The molecule has 1 heterocycles. The molecule has 4 aromatic carbocycles. The summed E-state index contributed by atoms with van der Waals surface area (Å²) in [5.74, 6) is -0.171. The summed E-state index contributed by atoms with van der Waals surface area (Å²) in [5.41, 5.74) is 9.77. The number of ether oxygens (including phenoxy) is 2. The Kier molecular flexibility index (Phi) is 11.4. The zero-order valence-electron chi connectivity index (χ0n) is 26.7. The van der Waals surface area contributed by atoms with Crippen molar-refractivity contribution in [2.24, 2.45) is 0 Å². The number of nitrogens with zero attached hydrogens (tertiary/aromatic N) is 2. The minimum Gasteiger partial charge on any atom is -0.488 e. The Hall–Kier alpha value is -5.20. The number of aromatic nitrogens is 1. The molecule has 5 aromatic rings. The van der Waals surface area contributed by atoms with Gasteiger partial charge in [0.05, 0.1) is 23.1 Å². The molecule has 1 atom stereocenters. The van der Waals surface area contributed by atoms with E-state index in [0.717, 1.165) is 22.3 Å². The van der Waals surface area contributed by atoms with Crippen molar-refractivity contribution in [1.82, 2.24) is 10.3 Å². The predicted molar refractivity (Wildman–Crippen MR) is 186 cm³/mol. The normalized spacial score (nSPS) is 11.5. The van der Waals surface area contributed by atoms with E-state index in [9.17, 15) is 15.2 Å². The van der Waals surface area contributed by atoms with Crippen LogP contribution in [0.1, 0.15) is 39.8 Å². The molecule has 0 radical (unpaired) electrons. The SMILES string of the molecule is Cc1c(COc2cc(OCc3cncc(C#N)c3)c(CNC[C@@H](O)CC(=O)O)cc2Cl)cccc1-c1cccc(-c2ccccc2)c1C. The van der Waals surface area contributed by atoms with E-state index in [-0.39, 0.29) is 32.7 Å². The highest BCUT2D eigenvalue weighted by Crippen LogP contribution is 2.36. The highest BCUT2D eigenvalue weighted by Gasteiger charge is 2.16. The van der Waals surface area contributed by atoms with Gasteiger partial charge in [0, 0.05) is 42.7 Å². The lowest BCUT2D eigenvalue weighted by Crippen LogP contribution is -2.28. The molecule has 0 saturated carbocycles. The third-order valence-electron chi connectivity index (χ3n) is 8.08. The van der Waals surface area contributed by atoms with Crippen molar-refractivity contribution < 1.29 is 24.5 Å². The van der Waals surface area contributed by atoms with Crippen LogP contribution in [0.4, 0.5) is 0 Å². The van der Waals surface area contributed by atoms with Gasteiger partial charge in [-0.3, -0.25) is 9.78 Å². The number of rotatable bonds is 14. The molecule has 1 aromatic heterocycles. The van der Waals surface area contributed by atoms with Crippen LogP contribution in [0.2, 0.25) is 5.02 Å². The molecule has 0 fully saturated rings. The van der Waals surface area contributed by atoms with Gasteiger partial charge in [-0.1, -0.05) is 78.3 Å². The van der Waals surface area contributed by atoms with E-state index >= 15 is 0 Å². The summed E-state index contributed by atoms with van der Waals surface area (Å²) in [5, 5.41) is 31.6. The lowest BCUT2D eigenvalue weighted by atomic mass is 9.89. The smallest absolute Gasteiger partial charge is 0.306 e. The topological polar surface area (TPSA) is 125 Å². The molecular formula is C39H36ClN3O5. The number of pyridine rings is 1. The first-order valence-corrected chi connectivity index (χ1v) is 15.9. The zero-order valence-corrected chi connectivity index (χ0v) is 27.5. The van der Waals surface area contributed by atoms with E-state index in [0.29, 0.717) is 33.2 Å². The molecule has 9 heteroatoms. The van der Waals surface area contributed by atoms with Crippen molar-refractivity contribution in [1.29, 1.82) is 5.26 Å². The van der Waals surface area contributed by atoms with E-state index in [1.807, 2.05) is 30.3 Å². The number of aliphatic hydroxyl groups is 1. The number of halogens is 1. The maximum Gasteiger partial charge on any atom is 0.306 e. The number of benzene rings is 4. The number of nitrogens with one attached hydrogen (secondary N) is 1. The molecule has 0 unspecified atom stereocenters. The van der Waals surface area contributed by atoms with E-state index < -0.39 is 12.1 Å². The molecule has 0 amide bonds. The van der Waals surface area contributed by atoms with Crippen LogP contribution in [0.5, 0.6) is 11.5 Å². The molecule has 0 spiro atoms. The fourth-order valence-electron chi connectivity index (χ4n) is 5.54. The average molecular weight is 662 g/mol. The maximum atomic E-state index is 10.9. The van der Waals surface area contributed by atoms with Gasteiger partial charge in [-0.25, -0.2) is 0 Å². The second kappa shape index (κ2) is 16.1. The van der Waals surface area contributed by atoms with Crippen molar-refractivity contribution >= 4 is 17.6 Å². The first-order chi connectivity index (χ1) is 23.2. The van der Waals surface area contributed by atoms with Gasteiger partial charge in [0.15, 0.2) is 0 Å². The van der Waals surface area contributed by atoms with Gasteiger partial charge in [-0.15, -0.1) is 0 Å². The van der Waals surface area contributed by atoms with Crippen LogP contribution in [0.15, 0.2) is 97.3 Å². The molecule has 0 aliphatic rings. The second-order valence-electron chi connectivity index (χ2n) is 11.5. The first-order valence-electron chi connectivity index (χ1n) is 15.5. The second-order valence-corrected chi connectivity index (χ2v) is 11.9. The fraction of sp³-hybridized carbons (Fsp3) is 0.205. The van der Waals surface area contributed by atoms with Crippen molar-refractivity contribution in [3.05, 3.63) is 136 Å². The first kappa shape index (κ1) is 34.1. The van der Waals surface area contributed by atoms with Crippen molar-refractivity contribution in [3.8, 4) is 39.8 Å². The van der Waals surface area contributed by atoms with Crippen molar-refractivity contribution in [2.45, 2.75) is 46.1 Å². The zero-order chi connectivity index (χ0) is 34.0. The molecule has 5 rings (SSSR count). The number of aliphatic hydroxyl groups excluding tert-OH is 1. The van der Waals surface area contributed by atoms with Crippen LogP contribution in [0, 0.1) is 25.2 Å². The molecular weight excluding hydrogens is 626 g/mol. The fourth-order valence-corrected chi connectivity index (χ4v) is 5.78. The molecule has 0 bridgehead atoms. The van der Waals surface area contributed by atoms with E-state index in [1.54, 1.807) is 24.4 Å². The Morgan fingerprint density at radius 2 is 1.58 bits per heavy atom. The minimum atomic E-state index is -1.08. The highest BCUT2D eigenvalue weighted by atomic mass is 35.5. The monoisotopic (exact) mass is 661 g/mol. The predicted octanol–water partition coefficient (Wildman–Crippen LogP) is 7.64. The lowest BCUT2D eigenvalue weighted by molar-refractivity contribution is -0.139. The summed E-state index contributed by atoms with van der Waals surface area (Å²) in [4.78, 5) is 15.0. The molecule has 8 nitrogen and oxygen atoms in total.